The van der Waals surface area contributed by atoms with Crippen molar-refractivity contribution < 1.29 is 14.3 Å². The summed E-state index contributed by atoms with van der Waals surface area (Å²) in [6, 6.07) is 9.16. The van der Waals surface area contributed by atoms with E-state index in [1.165, 1.54) is 25.4 Å². The third-order valence-corrected chi connectivity index (χ3v) is 5.56. The average molecular weight is 394 g/mol. The van der Waals surface area contributed by atoms with Gasteiger partial charge in [-0.2, -0.15) is 0 Å². The lowest BCUT2D eigenvalue weighted by atomic mass is 10.1. The van der Waals surface area contributed by atoms with E-state index in [9.17, 15) is 9.59 Å². The monoisotopic (exact) mass is 394 g/mol. The van der Waals surface area contributed by atoms with Crippen LogP contribution in [0.3, 0.4) is 0 Å². The molecule has 0 fully saturated rings. The van der Waals surface area contributed by atoms with E-state index in [2.05, 4.69) is 4.98 Å². The Kier molecular flexibility index (Phi) is 4.39. The summed E-state index contributed by atoms with van der Waals surface area (Å²) >= 11 is 1.34. The Labute approximate surface area is 164 Å². The second kappa shape index (κ2) is 6.76. The number of fused-ring (bicyclic) bond motifs is 3. The van der Waals surface area contributed by atoms with Crippen molar-refractivity contribution in [3.05, 3.63) is 61.9 Å². The fraction of sp³-hybridized carbons (Fsp3) is 0.190. The van der Waals surface area contributed by atoms with Crippen LogP contribution in [0.2, 0.25) is 0 Å². The van der Waals surface area contributed by atoms with Gasteiger partial charge in [-0.3, -0.25) is 9.59 Å². The van der Waals surface area contributed by atoms with Gasteiger partial charge in [-0.25, -0.2) is 9.38 Å². The standard InChI is InChI=1S/C21H18N2O4S/c1-11-7-15-16(8-12(11)2)23-20(25)19(28-21(23)22-15)10-14-5-6-17(27-13(3)24)18(9-14)26-4/h5-10H,1-4H3. The van der Waals surface area contributed by atoms with Gasteiger partial charge in [0.2, 0.25) is 0 Å². The van der Waals surface area contributed by atoms with Crippen LogP contribution in [0.5, 0.6) is 11.5 Å². The zero-order valence-corrected chi connectivity index (χ0v) is 16.7. The maximum Gasteiger partial charge on any atom is 0.308 e. The Morgan fingerprint density at radius 3 is 2.61 bits per heavy atom. The van der Waals surface area contributed by atoms with Gasteiger partial charge in [-0.05, 0) is 60.9 Å². The van der Waals surface area contributed by atoms with E-state index in [0.29, 0.717) is 21.0 Å². The molecule has 0 aliphatic heterocycles. The van der Waals surface area contributed by atoms with Crippen LogP contribution in [0.15, 0.2) is 35.1 Å². The number of nitrogens with zero attached hydrogens (tertiary/aromatic N) is 2. The zero-order valence-electron chi connectivity index (χ0n) is 15.9. The predicted molar refractivity (Wildman–Crippen MR) is 109 cm³/mol. The summed E-state index contributed by atoms with van der Waals surface area (Å²) in [6.45, 7) is 5.39. The van der Waals surface area contributed by atoms with Crippen LogP contribution >= 0.6 is 11.3 Å². The van der Waals surface area contributed by atoms with E-state index in [0.717, 1.165) is 27.7 Å². The maximum absolute atomic E-state index is 13.0. The second-order valence-corrected chi connectivity index (χ2v) is 7.58. The molecule has 0 bridgehead atoms. The number of thiazole rings is 1. The van der Waals surface area contributed by atoms with Crippen LogP contribution in [0.4, 0.5) is 0 Å². The first-order valence-electron chi connectivity index (χ1n) is 8.68. The molecule has 0 aliphatic rings. The number of esters is 1. The molecule has 4 rings (SSSR count). The van der Waals surface area contributed by atoms with Gasteiger partial charge in [0.1, 0.15) is 0 Å². The minimum Gasteiger partial charge on any atom is -0.493 e. The quantitative estimate of drug-likeness (QED) is 0.395. The number of hydrogen-bond donors (Lipinski definition) is 0. The lowest BCUT2D eigenvalue weighted by Crippen LogP contribution is -2.22. The molecule has 2 aromatic carbocycles. The highest BCUT2D eigenvalue weighted by atomic mass is 32.1. The van der Waals surface area contributed by atoms with Gasteiger partial charge in [-0.1, -0.05) is 17.4 Å². The van der Waals surface area contributed by atoms with E-state index in [-0.39, 0.29) is 5.56 Å². The van der Waals surface area contributed by atoms with Crippen molar-refractivity contribution in [2.24, 2.45) is 0 Å². The molecule has 0 atom stereocenters. The van der Waals surface area contributed by atoms with Gasteiger partial charge in [0.15, 0.2) is 16.5 Å². The van der Waals surface area contributed by atoms with Gasteiger partial charge >= 0.3 is 5.97 Å². The Bertz CT molecular complexity index is 1350. The Morgan fingerprint density at radius 2 is 1.89 bits per heavy atom. The molecule has 0 saturated carbocycles. The molecule has 4 aromatic rings. The molecule has 0 aliphatic carbocycles. The fourth-order valence-corrected chi connectivity index (χ4v) is 4.07. The van der Waals surface area contributed by atoms with Crippen molar-refractivity contribution in [3.63, 3.8) is 0 Å². The first-order valence-corrected chi connectivity index (χ1v) is 9.49. The van der Waals surface area contributed by atoms with Crippen molar-refractivity contribution in [1.82, 2.24) is 9.38 Å². The average Bonchev–Trinajstić information content (AvgIpc) is 3.13. The number of aromatic nitrogens is 2. The highest BCUT2D eigenvalue weighted by Crippen LogP contribution is 2.28. The SMILES string of the molecule is COc1cc(C=c2sc3nc4cc(C)c(C)cc4n3c2=O)ccc1OC(C)=O. The number of hydrogen-bond acceptors (Lipinski definition) is 6. The number of carbonyl (C=O) groups excluding carboxylic acids is 1. The molecule has 2 heterocycles. The summed E-state index contributed by atoms with van der Waals surface area (Å²) < 4.78 is 12.6. The molecular formula is C21H18N2O4S. The third-order valence-electron chi connectivity index (χ3n) is 4.59. The van der Waals surface area contributed by atoms with Crippen LogP contribution in [0, 0.1) is 13.8 Å². The van der Waals surface area contributed by atoms with Crippen LogP contribution in [0.1, 0.15) is 23.6 Å². The van der Waals surface area contributed by atoms with E-state index in [1.807, 2.05) is 26.0 Å². The van der Waals surface area contributed by atoms with Crippen LogP contribution in [0.25, 0.3) is 22.1 Å². The second-order valence-electron chi connectivity index (χ2n) is 6.57. The fourth-order valence-electron chi connectivity index (χ4n) is 3.08. The summed E-state index contributed by atoms with van der Waals surface area (Å²) in [5.74, 6) is 0.343. The van der Waals surface area contributed by atoms with Crippen molar-refractivity contribution in [2.45, 2.75) is 20.8 Å². The third kappa shape index (κ3) is 3.03. The van der Waals surface area contributed by atoms with Gasteiger partial charge in [0.05, 0.1) is 22.7 Å². The normalized spacial score (nSPS) is 12.1. The highest BCUT2D eigenvalue weighted by molar-refractivity contribution is 7.15. The van der Waals surface area contributed by atoms with Gasteiger partial charge in [0, 0.05) is 6.92 Å². The zero-order chi connectivity index (χ0) is 20.0. The predicted octanol–water partition coefficient (Wildman–Crippen LogP) is 3.01. The maximum atomic E-state index is 13.0. The lowest BCUT2D eigenvalue weighted by molar-refractivity contribution is -0.132. The molecule has 0 unspecified atom stereocenters. The Hall–Kier alpha value is -3.19. The smallest absolute Gasteiger partial charge is 0.308 e. The first kappa shape index (κ1) is 18.2. The van der Waals surface area contributed by atoms with Gasteiger partial charge in [-0.15, -0.1) is 0 Å². The minimum absolute atomic E-state index is 0.103. The Morgan fingerprint density at radius 1 is 1.14 bits per heavy atom. The van der Waals surface area contributed by atoms with E-state index < -0.39 is 5.97 Å². The topological polar surface area (TPSA) is 69.9 Å². The van der Waals surface area contributed by atoms with E-state index in [4.69, 9.17) is 9.47 Å². The van der Waals surface area contributed by atoms with Crippen molar-refractivity contribution in [1.29, 1.82) is 0 Å². The van der Waals surface area contributed by atoms with Crippen LogP contribution < -0.4 is 19.6 Å². The first-order chi connectivity index (χ1) is 13.4. The number of ether oxygens (including phenoxy) is 2. The highest BCUT2D eigenvalue weighted by Gasteiger charge is 2.13. The van der Waals surface area contributed by atoms with Gasteiger partial charge < -0.3 is 9.47 Å². The minimum atomic E-state index is -0.422. The summed E-state index contributed by atoms with van der Waals surface area (Å²) in [5.41, 5.74) is 4.58. The summed E-state index contributed by atoms with van der Waals surface area (Å²) in [7, 11) is 1.50. The molecule has 6 nitrogen and oxygen atoms in total. The van der Waals surface area contributed by atoms with Crippen LogP contribution in [-0.2, 0) is 4.79 Å². The molecule has 7 heteroatoms. The van der Waals surface area contributed by atoms with Crippen molar-refractivity contribution in [3.8, 4) is 11.5 Å². The molecule has 28 heavy (non-hydrogen) atoms. The summed E-state index contributed by atoms with van der Waals surface area (Å²) in [5, 5.41) is 0. The summed E-state index contributed by atoms with van der Waals surface area (Å²) in [4.78, 5) is 29.4. The molecule has 0 amide bonds. The van der Waals surface area contributed by atoms with Crippen molar-refractivity contribution in [2.75, 3.05) is 7.11 Å². The molecule has 142 valence electrons. The number of carbonyl (C=O) groups is 1. The van der Waals surface area contributed by atoms with Crippen LogP contribution in [-0.4, -0.2) is 22.5 Å². The summed E-state index contributed by atoms with van der Waals surface area (Å²) in [6.07, 6.45) is 1.79. The molecule has 0 spiro atoms. The lowest BCUT2D eigenvalue weighted by Gasteiger charge is -2.08. The number of methoxy groups -OCH3 is 1. The number of aryl methyl sites for hydroxylation is 2. The number of benzene rings is 2. The molecule has 0 saturated heterocycles. The van der Waals surface area contributed by atoms with Gasteiger partial charge in [0.25, 0.3) is 5.56 Å². The van der Waals surface area contributed by atoms with E-state index in [1.54, 1.807) is 28.7 Å². The number of rotatable bonds is 3. The molecule has 2 aromatic heterocycles. The van der Waals surface area contributed by atoms with Crippen molar-refractivity contribution >= 4 is 39.4 Å². The molecule has 0 N–H and O–H groups in total. The largest absolute Gasteiger partial charge is 0.493 e. The molecular weight excluding hydrogens is 376 g/mol. The van der Waals surface area contributed by atoms with E-state index >= 15 is 0 Å². The number of imidazole rings is 1. The Balaban J connectivity index is 1.86. The molecule has 0 radical (unpaired) electrons.